The van der Waals surface area contributed by atoms with Crippen LogP contribution in [-0.4, -0.2) is 79.9 Å². The molecule has 3 atom stereocenters. The van der Waals surface area contributed by atoms with Gasteiger partial charge < -0.3 is 15.5 Å². The first kappa shape index (κ1) is 29.4. The van der Waals surface area contributed by atoms with Gasteiger partial charge in [-0.2, -0.15) is 0 Å². The zero-order valence-electron chi connectivity index (χ0n) is 23.2. The fourth-order valence-electron chi connectivity index (χ4n) is 5.27. The summed E-state index contributed by atoms with van der Waals surface area (Å²) in [5, 5.41) is 6.25. The van der Waals surface area contributed by atoms with E-state index >= 15 is 0 Å². The van der Waals surface area contributed by atoms with E-state index in [1.54, 1.807) is 24.3 Å². The molecule has 0 aromatic heterocycles. The molecule has 220 valence electrons. The molecule has 42 heavy (non-hydrogen) atoms. The van der Waals surface area contributed by atoms with Crippen molar-refractivity contribution in [2.45, 2.75) is 30.8 Å². The maximum atomic E-state index is 13.5. The molecule has 2 aliphatic rings. The highest BCUT2D eigenvalue weighted by Gasteiger charge is 2.39. The van der Waals surface area contributed by atoms with Crippen molar-refractivity contribution in [1.29, 1.82) is 0 Å². The van der Waals surface area contributed by atoms with E-state index in [2.05, 4.69) is 10.6 Å². The maximum absolute atomic E-state index is 13.5. The van der Waals surface area contributed by atoms with Gasteiger partial charge in [-0.1, -0.05) is 54.6 Å². The molecular formula is C31H33FN4O5S. The van der Waals surface area contributed by atoms with Gasteiger partial charge in [-0.3, -0.25) is 14.4 Å². The van der Waals surface area contributed by atoms with Crippen LogP contribution in [0.2, 0.25) is 0 Å². The van der Waals surface area contributed by atoms with E-state index in [1.807, 2.05) is 42.5 Å². The SMILES string of the molecule is CS(=O)(=O)N1CCN(C(=O)[C@H](CCN[C@@H]2C[C@H]2c2ccc(F)cc2)NC(=O)c2ccc(-c3ccccc3)cc2)CC1=O. The molecule has 5 rings (SSSR count). The Bertz CT molecular complexity index is 1550. The fraction of sp³-hybridized carbons (Fsp3) is 0.323. The molecule has 0 unspecified atom stereocenters. The summed E-state index contributed by atoms with van der Waals surface area (Å²) in [6.07, 6.45) is 2.10. The van der Waals surface area contributed by atoms with Gasteiger partial charge in [0.25, 0.3) is 11.8 Å². The van der Waals surface area contributed by atoms with Crippen LogP contribution in [-0.2, 0) is 19.6 Å². The number of halogens is 1. The van der Waals surface area contributed by atoms with Crippen LogP contribution in [0, 0.1) is 5.82 Å². The maximum Gasteiger partial charge on any atom is 0.255 e. The topological polar surface area (TPSA) is 116 Å². The highest BCUT2D eigenvalue weighted by molar-refractivity contribution is 7.88. The van der Waals surface area contributed by atoms with Gasteiger partial charge in [0.15, 0.2) is 0 Å². The highest BCUT2D eigenvalue weighted by atomic mass is 32.2. The molecule has 9 nitrogen and oxygen atoms in total. The van der Waals surface area contributed by atoms with E-state index in [1.165, 1.54) is 17.0 Å². The third-order valence-electron chi connectivity index (χ3n) is 7.68. The molecule has 0 radical (unpaired) electrons. The minimum atomic E-state index is -3.73. The van der Waals surface area contributed by atoms with Crippen LogP contribution in [0.3, 0.4) is 0 Å². The lowest BCUT2D eigenvalue weighted by atomic mass is 10.0. The standard InChI is InChI=1S/C31H33FN4O5S/c1-42(40,41)36-18-17-35(20-29(36)37)31(39)27(15-16-33-28-19-26(28)23-11-13-25(32)14-12-23)34-30(38)24-9-7-22(8-10-24)21-5-3-2-4-6-21/h2-14,26-28,33H,15-20H2,1H3,(H,34,38)/t26-,27-,28+/m0/s1. The van der Waals surface area contributed by atoms with E-state index < -0.39 is 33.8 Å². The van der Waals surface area contributed by atoms with Crippen LogP contribution in [0.25, 0.3) is 11.1 Å². The summed E-state index contributed by atoms with van der Waals surface area (Å²) >= 11 is 0. The molecule has 3 aromatic rings. The number of amides is 3. The number of piperazine rings is 1. The summed E-state index contributed by atoms with van der Waals surface area (Å²) in [6, 6.07) is 22.5. The van der Waals surface area contributed by atoms with Gasteiger partial charge in [0, 0.05) is 24.1 Å². The van der Waals surface area contributed by atoms with Gasteiger partial charge >= 0.3 is 0 Å². The van der Waals surface area contributed by atoms with Gasteiger partial charge in [-0.25, -0.2) is 17.1 Å². The lowest BCUT2D eigenvalue weighted by molar-refractivity contribution is -0.143. The van der Waals surface area contributed by atoms with Crippen LogP contribution >= 0.6 is 0 Å². The molecular weight excluding hydrogens is 559 g/mol. The second kappa shape index (κ2) is 12.4. The Morgan fingerprint density at radius 1 is 0.952 bits per heavy atom. The smallest absolute Gasteiger partial charge is 0.255 e. The average molecular weight is 593 g/mol. The molecule has 1 aliphatic heterocycles. The molecule has 1 saturated heterocycles. The Morgan fingerprint density at radius 3 is 2.26 bits per heavy atom. The normalized spacial score (nSPS) is 19.3. The second-order valence-corrected chi connectivity index (χ2v) is 12.6. The number of hydrogen-bond acceptors (Lipinski definition) is 6. The summed E-state index contributed by atoms with van der Waals surface area (Å²) in [7, 11) is -3.73. The first-order valence-corrected chi connectivity index (χ1v) is 15.7. The van der Waals surface area contributed by atoms with Crippen LogP contribution < -0.4 is 10.6 Å². The minimum Gasteiger partial charge on any atom is -0.340 e. The highest BCUT2D eigenvalue weighted by Crippen LogP contribution is 2.40. The molecule has 1 aliphatic carbocycles. The molecule has 0 bridgehead atoms. The molecule has 0 spiro atoms. The van der Waals surface area contributed by atoms with E-state index in [4.69, 9.17) is 0 Å². The molecule has 3 amide bonds. The van der Waals surface area contributed by atoms with E-state index in [0.29, 0.717) is 12.1 Å². The molecule has 2 fully saturated rings. The lowest BCUT2D eigenvalue weighted by Gasteiger charge is -2.35. The zero-order chi connectivity index (χ0) is 29.9. The largest absolute Gasteiger partial charge is 0.340 e. The van der Waals surface area contributed by atoms with Crippen molar-refractivity contribution >= 4 is 27.7 Å². The Hall–Kier alpha value is -4.09. The molecule has 11 heteroatoms. The van der Waals surface area contributed by atoms with Crippen molar-refractivity contribution in [3.63, 3.8) is 0 Å². The minimum absolute atomic E-state index is 0.0402. The number of sulfonamides is 1. The monoisotopic (exact) mass is 592 g/mol. The number of benzene rings is 3. The number of nitrogens with zero attached hydrogens (tertiary/aromatic N) is 2. The fourth-order valence-corrected chi connectivity index (χ4v) is 6.11. The van der Waals surface area contributed by atoms with Crippen molar-refractivity contribution < 1.29 is 27.2 Å². The third kappa shape index (κ3) is 7.03. The van der Waals surface area contributed by atoms with E-state index in [0.717, 1.165) is 33.7 Å². The van der Waals surface area contributed by atoms with Crippen LogP contribution in [0.15, 0.2) is 78.9 Å². The summed E-state index contributed by atoms with van der Waals surface area (Å²) in [4.78, 5) is 40.6. The van der Waals surface area contributed by atoms with E-state index in [9.17, 15) is 27.2 Å². The summed E-state index contributed by atoms with van der Waals surface area (Å²) < 4.78 is 37.8. The number of rotatable bonds is 10. The van der Waals surface area contributed by atoms with Gasteiger partial charge in [0.05, 0.1) is 12.8 Å². The predicted molar refractivity (Wildman–Crippen MR) is 156 cm³/mol. The summed E-state index contributed by atoms with van der Waals surface area (Å²) in [5.41, 5.74) is 3.39. The van der Waals surface area contributed by atoms with Crippen LogP contribution in [0.5, 0.6) is 0 Å². The van der Waals surface area contributed by atoms with Crippen molar-refractivity contribution in [1.82, 2.24) is 19.8 Å². The summed E-state index contributed by atoms with van der Waals surface area (Å²) in [5.74, 6) is -1.59. The van der Waals surface area contributed by atoms with Gasteiger partial charge in [0.1, 0.15) is 18.4 Å². The van der Waals surface area contributed by atoms with Crippen molar-refractivity contribution in [3.8, 4) is 11.1 Å². The Morgan fingerprint density at radius 2 is 1.62 bits per heavy atom. The molecule has 1 heterocycles. The Labute approximate surface area is 244 Å². The number of carbonyl (C=O) groups is 3. The van der Waals surface area contributed by atoms with Crippen molar-refractivity contribution in [3.05, 3.63) is 95.8 Å². The van der Waals surface area contributed by atoms with Crippen LogP contribution in [0.1, 0.15) is 34.7 Å². The van der Waals surface area contributed by atoms with Crippen LogP contribution in [0.4, 0.5) is 4.39 Å². The van der Waals surface area contributed by atoms with Gasteiger partial charge in [0.2, 0.25) is 15.9 Å². The summed E-state index contributed by atoms with van der Waals surface area (Å²) in [6.45, 7) is -0.0564. The Kier molecular flexibility index (Phi) is 8.69. The average Bonchev–Trinajstić information content (AvgIpc) is 3.76. The quantitative estimate of drug-likeness (QED) is 0.374. The number of nitrogens with one attached hydrogen (secondary N) is 2. The van der Waals surface area contributed by atoms with E-state index in [-0.39, 0.29) is 43.8 Å². The lowest BCUT2D eigenvalue weighted by Crippen LogP contribution is -2.58. The Balaban J connectivity index is 1.24. The van der Waals surface area contributed by atoms with Crippen molar-refractivity contribution in [2.75, 3.05) is 32.4 Å². The molecule has 1 saturated carbocycles. The predicted octanol–water partition coefficient (Wildman–Crippen LogP) is 2.76. The van der Waals surface area contributed by atoms with Gasteiger partial charge in [-0.05, 0) is 60.3 Å². The third-order valence-corrected chi connectivity index (χ3v) is 8.86. The van der Waals surface area contributed by atoms with Gasteiger partial charge in [-0.15, -0.1) is 0 Å². The first-order valence-electron chi connectivity index (χ1n) is 13.8. The molecule has 3 aromatic carbocycles. The number of carbonyl (C=O) groups excluding carboxylic acids is 3. The second-order valence-electron chi connectivity index (χ2n) is 10.7. The first-order chi connectivity index (χ1) is 20.1. The van der Waals surface area contributed by atoms with Crippen molar-refractivity contribution in [2.24, 2.45) is 0 Å². The number of hydrogen-bond donors (Lipinski definition) is 2. The molecule has 2 N–H and O–H groups in total. The zero-order valence-corrected chi connectivity index (χ0v) is 24.0.